The summed E-state index contributed by atoms with van der Waals surface area (Å²) in [5.41, 5.74) is 5.34. The summed E-state index contributed by atoms with van der Waals surface area (Å²) in [5.74, 6) is -0.530. The van der Waals surface area contributed by atoms with E-state index in [9.17, 15) is 0 Å². The molecule has 3 N–H and O–H groups in total. The van der Waals surface area contributed by atoms with Crippen LogP contribution in [0.5, 0.6) is 0 Å². The van der Waals surface area contributed by atoms with Gasteiger partial charge in [0, 0.05) is 19.1 Å². The van der Waals surface area contributed by atoms with Gasteiger partial charge in [0.1, 0.15) is 0 Å². The van der Waals surface area contributed by atoms with Gasteiger partial charge in [0.2, 0.25) is 0 Å². The normalized spacial score (nSPS) is 12.4. The molecule has 0 radical (unpaired) electrons. The summed E-state index contributed by atoms with van der Waals surface area (Å²) in [6.45, 7) is 10.6. The van der Waals surface area contributed by atoms with E-state index in [1.807, 2.05) is 13.8 Å². The first-order chi connectivity index (χ1) is 6.48. The van der Waals surface area contributed by atoms with Crippen LogP contribution in [0.25, 0.3) is 0 Å². The summed E-state index contributed by atoms with van der Waals surface area (Å²) in [5, 5.41) is 3.27. The van der Waals surface area contributed by atoms with Crippen molar-refractivity contribution in [1.82, 2.24) is 5.32 Å². The summed E-state index contributed by atoms with van der Waals surface area (Å²) in [4.78, 5) is 0. The number of nitrogens with one attached hydrogen (secondary N) is 1. The zero-order chi connectivity index (χ0) is 11.0. The molecule has 0 saturated heterocycles. The zero-order valence-corrected chi connectivity index (χ0v) is 9.80. The highest BCUT2D eigenvalue weighted by Crippen LogP contribution is 2.09. The SMILES string of the molecule is CC(C)NCCOC(C)(C)OCCN. The lowest BCUT2D eigenvalue weighted by atomic mass is 10.3. The van der Waals surface area contributed by atoms with Gasteiger partial charge >= 0.3 is 0 Å². The second-order valence-electron chi connectivity index (χ2n) is 3.99. The van der Waals surface area contributed by atoms with Crippen LogP contribution >= 0.6 is 0 Å². The van der Waals surface area contributed by atoms with E-state index < -0.39 is 5.79 Å². The maximum absolute atomic E-state index is 5.54. The van der Waals surface area contributed by atoms with Crippen LogP contribution in [0.1, 0.15) is 27.7 Å². The summed E-state index contributed by atoms with van der Waals surface area (Å²) >= 11 is 0. The molecule has 0 aromatic rings. The molecule has 4 heteroatoms. The van der Waals surface area contributed by atoms with E-state index in [1.54, 1.807) is 0 Å². The molecule has 0 unspecified atom stereocenters. The van der Waals surface area contributed by atoms with Crippen molar-refractivity contribution >= 4 is 0 Å². The maximum atomic E-state index is 5.54. The standard InChI is InChI=1S/C10H24N2O2/c1-9(2)12-6-8-14-10(3,4)13-7-5-11/h9,12H,5-8,11H2,1-4H3. The number of nitrogens with two attached hydrogens (primary N) is 1. The van der Waals surface area contributed by atoms with Crippen molar-refractivity contribution in [2.24, 2.45) is 5.73 Å². The molecule has 86 valence electrons. The first-order valence-electron chi connectivity index (χ1n) is 5.19. The fraction of sp³-hybridized carbons (Fsp3) is 1.00. The van der Waals surface area contributed by atoms with Crippen LogP contribution in [-0.2, 0) is 9.47 Å². The van der Waals surface area contributed by atoms with Crippen LogP contribution in [0.2, 0.25) is 0 Å². The molecule has 0 bridgehead atoms. The molecular weight excluding hydrogens is 180 g/mol. The van der Waals surface area contributed by atoms with Crippen molar-refractivity contribution in [3.05, 3.63) is 0 Å². The smallest absolute Gasteiger partial charge is 0.162 e. The molecule has 0 amide bonds. The largest absolute Gasteiger partial charge is 0.349 e. The lowest BCUT2D eigenvalue weighted by Crippen LogP contribution is -2.35. The molecule has 0 rings (SSSR count). The lowest BCUT2D eigenvalue weighted by Gasteiger charge is -2.25. The van der Waals surface area contributed by atoms with E-state index in [0.29, 0.717) is 25.8 Å². The second kappa shape index (κ2) is 7.17. The molecule has 0 aliphatic carbocycles. The average molecular weight is 204 g/mol. The van der Waals surface area contributed by atoms with E-state index in [2.05, 4.69) is 19.2 Å². The Morgan fingerprint density at radius 2 is 1.79 bits per heavy atom. The Hall–Kier alpha value is -0.160. The fourth-order valence-electron chi connectivity index (χ4n) is 0.991. The van der Waals surface area contributed by atoms with Crippen molar-refractivity contribution in [2.45, 2.75) is 39.5 Å². The minimum Gasteiger partial charge on any atom is -0.349 e. The third-order valence-electron chi connectivity index (χ3n) is 1.67. The molecule has 14 heavy (non-hydrogen) atoms. The molecule has 0 atom stereocenters. The quantitative estimate of drug-likeness (QED) is 0.452. The van der Waals surface area contributed by atoms with Gasteiger partial charge in [0.15, 0.2) is 5.79 Å². The minimum atomic E-state index is -0.530. The van der Waals surface area contributed by atoms with Gasteiger partial charge in [-0.1, -0.05) is 13.8 Å². The van der Waals surface area contributed by atoms with E-state index in [0.717, 1.165) is 6.54 Å². The van der Waals surface area contributed by atoms with Gasteiger partial charge in [0.25, 0.3) is 0 Å². The van der Waals surface area contributed by atoms with Gasteiger partial charge in [-0.25, -0.2) is 0 Å². The molecule has 0 aromatic carbocycles. The van der Waals surface area contributed by atoms with Crippen LogP contribution < -0.4 is 11.1 Å². The molecule has 0 aliphatic rings. The summed E-state index contributed by atoms with van der Waals surface area (Å²) < 4.78 is 11.0. The van der Waals surface area contributed by atoms with Crippen molar-refractivity contribution < 1.29 is 9.47 Å². The van der Waals surface area contributed by atoms with Gasteiger partial charge in [-0.15, -0.1) is 0 Å². The summed E-state index contributed by atoms with van der Waals surface area (Å²) in [6.07, 6.45) is 0. The molecular formula is C10H24N2O2. The van der Waals surface area contributed by atoms with Gasteiger partial charge < -0.3 is 20.5 Å². The zero-order valence-electron chi connectivity index (χ0n) is 9.80. The van der Waals surface area contributed by atoms with Gasteiger partial charge in [-0.3, -0.25) is 0 Å². The third kappa shape index (κ3) is 8.44. The van der Waals surface area contributed by atoms with E-state index in [4.69, 9.17) is 15.2 Å². The Balaban J connectivity index is 3.44. The highest BCUT2D eigenvalue weighted by Gasteiger charge is 2.17. The van der Waals surface area contributed by atoms with Crippen LogP contribution in [-0.4, -0.2) is 38.1 Å². The lowest BCUT2D eigenvalue weighted by molar-refractivity contribution is -0.210. The van der Waals surface area contributed by atoms with Crippen LogP contribution in [0.4, 0.5) is 0 Å². The molecule has 0 saturated carbocycles. The first kappa shape index (κ1) is 13.8. The Labute approximate surface area is 87.1 Å². The molecule has 4 nitrogen and oxygen atoms in total. The molecule has 0 aromatic heterocycles. The predicted octanol–water partition coefficient (Wildman–Crippen LogP) is 0.712. The van der Waals surface area contributed by atoms with Crippen LogP contribution in [0, 0.1) is 0 Å². The minimum absolute atomic E-state index is 0.492. The predicted molar refractivity (Wildman–Crippen MR) is 58.2 cm³/mol. The monoisotopic (exact) mass is 204 g/mol. The topological polar surface area (TPSA) is 56.5 Å². The Morgan fingerprint density at radius 3 is 2.29 bits per heavy atom. The van der Waals surface area contributed by atoms with Crippen LogP contribution in [0.15, 0.2) is 0 Å². The van der Waals surface area contributed by atoms with Crippen molar-refractivity contribution in [3.8, 4) is 0 Å². The average Bonchev–Trinajstić information content (AvgIpc) is 2.09. The summed E-state index contributed by atoms with van der Waals surface area (Å²) in [7, 11) is 0. The molecule has 0 spiro atoms. The Bertz CT molecular complexity index is 138. The van der Waals surface area contributed by atoms with Gasteiger partial charge in [-0.05, 0) is 13.8 Å². The van der Waals surface area contributed by atoms with Crippen LogP contribution in [0.3, 0.4) is 0 Å². The van der Waals surface area contributed by atoms with E-state index >= 15 is 0 Å². The number of hydrogen-bond acceptors (Lipinski definition) is 4. The second-order valence-corrected chi connectivity index (χ2v) is 3.99. The number of ether oxygens (including phenoxy) is 2. The van der Waals surface area contributed by atoms with E-state index in [-0.39, 0.29) is 0 Å². The molecule has 0 aliphatic heterocycles. The first-order valence-corrected chi connectivity index (χ1v) is 5.19. The number of rotatable bonds is 8. The summed E-state index contributed by atoms with van der Waals surface area (Å²) in [6, 6.07) is 0.492. The fourth-order valence-corrected chi connectivity index (χ4v) is 0.991. The van der Waals surface area contributed by atoms with Gasteiger partial charge in [-0.2, -0.15) is 0 Å². The maximum Gasteiger partial charge on any atom is 0.162 e. The molecule has 0 heterocycles. The van der Waals surface area contributed by atoms with E-state index in [1.165, 1.54) is 0 Å². The third-order valence-corrected chi connectivity index (χ3v) is 1.67. The van der Waals surface area contributed by atoms with Crippen molar-refractivity contribution in [1.29, 1.82) is 0 Å². The Morgan fingerprint density at radius 1 is 1.21 bits per heavy atom. The Kier molecular flexibility index (Phi) is 7.09. The van der Waals surface area contributed by atoms with Crippen molar-refractivity contribution in [2.75, 3.05) is 26.3 Å². The van der Waals surface area contributed by atoms with Crippen molar-refractivity contribution in [3.63, 3.8) is 0 Å². The van der Waals surface area contributed by atoms with Gasteiger partial charge in [0.05, 0.1) is 13.2 Å². The molecule has 0 fully saturated rings. The number of hydrogen-bond donors (Lipinski definition) is 2. The highest BCUT2D eigenvalue weighted by atomic mass is 16.7. The highest BCUT2D eigenvalue weighted by molar-refractivity contribution is 4.56.